The number of ketones is 1. The summed E-state index contributed by atoms with van der Waals surface area (Å²) in [6.07, 6.45) is 1.58. The maximum absolute atomic E-state index is 12.8. The first kappa shape index (κ1) is 18.9. The van der Waals surface area contributed by atoms with Crippen LogP contribution in [0.2, 0.25) is 0 Å². The first-order chi connectivity index (χ1) is 13.5. The number of likely N-dealkylation sites (tertiary alicyclic amines) is 1. The molecule has 2 atom stereocenters. The van der Waals surface area contributed by atoms with Gasteiger partial charge in [-0.05, 0) is 25.5 Å². The number of para-hydroxylation sites is 1. The Labute approximate surface area is 164 Å². The Bertz CT molecular complexity index is 789. The summed E-state index contributed by atoms with van der Waals surface area (Å²) in [7, 11) is 0. The SMILES string of the molecule is C[C@H](C(=O)N1CCOCC1)N1CC[C@@]2(CCC1=O)CC(=O)c1ccccc1O2. The lowest BCUT2D eigenvalue weighted by molar-refractivity contribution is -0.147. The van der Waals surface area contributed by atoms with Crippen LogP contribution in [-0.4, -0.2) is 71.9 Å². The summed E-state index contributed by atoms with van der Waals surface area (Å²) in [5, 5.41) is 0. The number of amides is 2. The largest absolute Gasteiger partial charge is 0.486 e. The molecule has 0 unspecified atom stereocenters. The molecule has 7 heteroatoms. The molecule has 28 heavy (non-hydrogen) atoms. The number of rotatable bonds is 2. The molecule has 0 aliphatic carbocycles. The minimum Gasteiger partial charge on any atom is -0.486 e. The van der Waals surface area contributed by atoms with Crippen LogP contribution in [0.1, 0.15) is 43.0 Å². The van der Waals surface area contributed by atoms with E-state index in [9.17, 15) is 14.4 Å². The Kier molecular flexibility index (Phi) is 5.10. The van der Waals surface area contributed by atoms with E-state index in [1.165, 1.54) is 0 Å². The lowest BCUT2D eigenvalue weighted by Crippen LogP contribution is -2.52. The highest BCUT2D eigenvalue weighted by molar-refractivity contribution is 6.00. The second-order valence-electron chi connectivity index (χ2n) is 7.83. The molecule has 1 aromatic carbocycles. The number of carbonyl (C=O) groups is 3. The molecule has 4 rings (SSSR count). The van der Waals surface area contributed by atoms with E-state index in [0.717, 1.165) is 0 Å². The van der Waals surface area contributed by atoms with Crippen LogP contribution in [0.25, 0.3) is 0 Å². The average molecular weight is 386 g/mol. The maximum Gasteiger partial charge on any atom is 0.245 e. The molecule has 150 valence electrons. The number of ether oxygens (including phenoxy) is 2. The molecule has 0 bridgehead atoms. The number of Topliss-reactive ketones (excluding diaryl/α,β-unsaturated/α-hetero) is 1. The van der Waals surface area contributed by atoms with Gasteiger partial charge in [-0.25, -0.2) is 0 Å². The number of hydrogen-bond donors (Lipinski definition) is 0. The molecular formula is C21H26N2O5. The van der Waals surface area contributed by atoms with Crippen LogP contribution < -0.4 is 4.74 Å². The van der Waals surface area contributed by atoms with Crippen molar-refractivity contribution in [2.75, 3.05) is 32.8 Å². The minimum absolute atomic E-state index is 0.0430. The summed E-state index contributed by atoms with van der Waals surface area (Å²) in [6.45, 7) is 4.38. The summed E-state index contributed by atoms with van der Waals surface area (Å²) >= 11 is 0. The zero-order valence-corrected chi connectivity index (χ0v) is 16.2. The Morgan fingerprint density at radius 3 is 2.64 bits per heavy atom. The molecule has 3 heterocycles. The van der Waals surface area contributed by atoms with Crippen LogP contribution in [0.15, 0.2) is 24.3 Å². The van der Waals surface area contributed by atoms with Gasteiger partial charge >= 0.3 is 0 Å². The molecule has 1 spiro atoms. The zero-order valence-electron chi connectivity index (χ0n) is 16.2. The highest BCUT2D eigenvalue weighted by Crippen LogP contribution is 2.39. The van der Waals surface area contributed by atoms with Crippen LogP contribution in [0.5, 0.6) is 5.75 Å². The first-order valence-corrected chi connectivity index (χ1v) is 9.96. The number of benzene rings is 1. The monoisotopic (exact) mass is 386 g/mol. The van der Waals surface area contributed by atoms with Gasteiger partial charge in [0, 0.05) is 32.5 Å². The van der Waals surface area contributed by atoms with Gasteiger partial charge in [0.05, 0.1) is 25.2 Å². The third kappa shape index (κ3) is 3.51. The average Bonchev–Trinajstić information content (AvgIpc) is 2.87. The third-order valence-corrected chi connectivity index (χ3v) is 6.07. The van der Waals surface area contributed by atoms with Gasteiger partial charge in [-0.2, -0.15) is 0 Å². The van der Waals surface area contributed by atoms with Crippen LogP contribution in [0, 0.1) is 0 Å². The number of nitrogens with zero attached hydrogens (tertiary/aromatic N) is 2. The molecule has 1 aromatic rings. The van der Waals surface area contributed by atoms with Gasteiger partial charge < -0.3 is 19.3 Å². The second-order valence-corrected chi connectivity index (χ2v) is 7.83. The summed E-state index contributed by atoms with van der Waals surface area (Å²) < 4.78 is 11.6. The first-order valence-electron chi connectivity index (χ1n) is 9.96. The molecule has 2 fully saturated rings. The number of hydrogen-bond acceptors (Lipinski definition) is 5. The van der Waals surface area contributed by atoms with Gasteiger partial charge in [-0.15, -0.1) is 0 Å². The fourth-order valence-electron chi connectivity index (χ4n) is 4.37. The summed E-state index contributed by atoms with van der Waals surface area (Å²) in [6, 6.07) is 6.75. The normalized spacial score (nSPS) is 26.5. The van der Waals surface area contributed by atoms with Crippen molar-refractivity contribution in [3.8, 4) is 5.75 Å². The van der Waals surface area contributed by atoms with E-state index in [0.29, 0.717) is 57.0 Å². The maximum atomic E-state index is 12.8. The molecule has 2 amide bonds. The van der Waals surface area contributed by atoms with Crippen LogP contribution in [0.4, 0.5) is 0 Å². The van der Waals surface area contributed by atoms with E-state index in [-0.39, 0.29) is 30.4 Å². The smallest absolute Gasteiger partial charge is 0.245 e. The molecule has 3 aliphatic rings. The van der Waals surface area contributed by atoms with Crippen molar-refractivity contribution >= 4 is 17.6 Å². The van der Waals surface area contributed by atoms with Gasteiger partial charge in [0.25, 0.3) is 0 Å². The van der Waals surface area contributed by atoms with Gasteiger partial charge in [0.1, 0.15) is 17.4 Å². The molecule has 7 nitrogen and oxygen atoms in total. The van der Waals surface area contributed by atoms with Crippen molar-refractivity contribution in [1.82, 2.24) is 9.80 Å². The van der Waals surface area contributed by atoms with Crippen molar-refractivity contribution in [2.24, 2.45) is 0 Å². The van der Waals surface area contributed by atoms with E-state index < -0.39 is 11.6 Å². The lowest BCUT2D eigenvalue weighted by Gasteiger charge is -2.37. The predicted octanol–water partition coefficient (Wildman–Crippen LogP) is 1.65. The highest BCUT2D eigenvalue weighted by atomic mass is 16.5. The summed E-state index contributed by atoms with van der Waals surface area (Å²) in [5.74, 6) is 0.553. The van der Waals surface area contributed by atoms with E-state index >= 15 is 0 Å². The molecule has 3 aliphatic heterocycles. The van der Waals surface area contributed by atoms with E-state index in [1.54, 1.807) is 22.8 Å². The molecule has 0 aromatic heterocycles. The minimum atomic E-state index is -0.669. The van der Waals surface area contributed by atoms with E-state index in [1.807, 2.05) is 18.2 Å². The van der Waals surface area contributed by atoms with Crippen molar-refractivity contribution in [3.05, 3.63) is 29.8 Å². The number of fused-ring (bicyclic) bond motifs is 1. The van der Waals surface area contributed by atoms with E-state index in [4.69, 9.17) is 9.47 Å². The molecule has 0 saturated carbocycles. The van der Waals surface area contributed by atoms with E-state index in [2.05, 4.69) is 0 Å². The molecular weight excluding hydrogens is 360 g/mol. The van der Waals surface area contributed by atoms with Gasteiger partial charge in [0.2, 0.25) is 11.8 Å². The fraction of sp³-hybridized carbons (Fsp3) is 0.571. The molecule has 2 saturated heterocycles. The van der Waals surface area contributed by atoms with Crippen molar-refractivity contribution in [2.45, 2.75) is 44.2 Å². The highest BCUT2D eigenvalue weighted by Gasteiger charge is 2.44. The molecule has 0 radical (unpaired) electrons. The Balaban J connectivity index is 1.49. The third-order valence-electron chi connectivity index (χ3n) is 6.07. The Hall–Kier alpha value is -2.41. The van der Waals surface area contributed by atoms with Crippen LogP contribution in [-0.2, 0) is 14.3 Å². The zero-order chi connectivity index (χ0) is 19.7. The van der Waals surface area contributed by atoms with Crippen molar-refractivity contribution < 1.29 is 23.9 Å². The standard InChI is InChI=1S/C21H26N2O5/c1-15(20(26)22-10-12-27-13-11-22)23-9-8-21(7-6-19(23)25)14-17(24)16-4-2-3-5-18(16)28-21/h2-5,15H,6-14H2,1H3/t15-,21+/m1/s1. The topological polar surface area (TPSA) is 76.2 Å². The van der Waals surface area contributed by atoms with Crippen LogP contribution in [0.3, 0.4) is 0 Å². The number of morpholine rings is 1. The summed E-state index contributed by atoms with van der Waals surface area (Å²) in [5.41, 5.74) is -0.0613. The van der Waals surface area contributed by atoms with Crippen LogP contribution >= 0.6 is 0 Å². The second kappa shape index (κ2) is 7.54. The molecule has 0 N–H and O–H groups in total. The number of carbonyl (C=O) groups excluding carboxylic acids is 3. The van der Waals surface area contributed by atoms with Crippen molar-refractivity contribution in [3.63, 3.8) is 0 Å². The summed E-state index contributed by atoms with van der Waals surface area (Å²) in [4.78, 5) is 41.7. The Morgan fingerprint density at radius 1 is 1.11 bits per heavy atom. The van der Waals surface area contributed by atoms with Gasteiger partial charge in [0.15, 0.2) is 5.78 Å². The van der Waals surface area contributed by atoms with Gasteiger partial charge in [-0.1, -0.05) is 12.1 Å². The quantitative estimate of drug-likeness (QED) is 0.773. The van der Waals surface area contributed by atoms with Crippen molar-refractivity contribution in [1.29, 1.82) is 0 Å². The fourth-order valence-corrected chi connectivity index (χ4v) is 4.37. The lowest BCUT2D eigenvalue weighted by atomic mass is 9.84. The van der Waals surface area contributed by atoms with Gasteiger partial charge in [-0.3, -0.25) is 14.4 Å². The predicted molar refractivity (Wildman–Crippen MR) is 101 cm³/mol. The Morgan fingerprint density at radius 2 is 1.86 bits per heavy atom.